The number of nitrogens with two attached hydrogens (primary N) is 1. The fourth-order valence-electron chi connectivity index (χ4n) is 1.83. The van der Waals surface area contributed by atoms with Crippen molar-refractivity contribution in [1.82, 2.24) is 15.1 Å². The van der Waals surface area contributed by atoms with Gasteiger partial charge in [-0.3, -0.25) is 4.98 Å². The summed E-state index contributed by atoms with van der Waals surface area (Å²) >= 11 is 0. The molecule has 0 radical (unpaired) electrons. The van der Waals surface area contributed by atoms with Crippen LogP contribution in [-0.4, -0.2) is 20.7 Å². The first-order valence-corrected chi connectivity index (χ1v) is 6.40. The van der Waals surface area contributed by atoms with E-state index in [-0.39, 0.29) is 5.54 Å². The molecule has 0 aliphatic carbocycles. The second-order valence-corrected chi connectivity index (χ2v) is 5.68. The Kier molecular flexibility index (Phi) is 3.66. The van der Waals surface area contributed by atoms with Crippen LogP contribution in [0.2, 0.25) is 0 Å². The molecule has 0 spiro atoms. The number of hydrogen-bond acceptors (Lipinski definition) is 5. The molecule has 2 N–H and O–H groups in total. The highest BCUT2D eigenvalue weighted by Gasteiger charge is 2.16. The maximum absolute atomic E-state index is 5.94. The van der Waals surface area contributed by atoms with Crippen LogP contribution in [0.3, 0.4) is 0 Å². The van der Waals surface area contributed by atoms with Gasteiger partial charge >= 0.3 is 0 Å². The van der Waals surface area contributed by atoms with Gasteiger partial charge in [-0.15, -0.1) is 0 Å². The summed E-state index contributed by atoms with van der Waals surface area (Å²) < 4.78 is 5.24. The molecule has 5 nitrogen and oxygen atoms in total. The van der Waals surface area contributed by atoms with Crippen LogP contribution in [0.4, 0.5) is 0 Å². The van der Waals surface area contributed by atoms with E-state index in [2.05, 4.69) is 21.2 Å². The zero-order valence-corrected chi connectivity index (χ0v) is 11.9. The van der Waals surface area contributed by atoms with Gasteiger partial charge in [-0.1, -0.05) is 11.2 Å². The van der Waals surface area contributed by atoms with Gasteiger partial charge in [-0.2, -0.15) is 4.98 Å². The van der Waals surface area contributed by atoms with Gasteiger partial charge < -0.3 is 10.3 Å². The predicted molar refractivity (Wildman–Crippen MR) is 73.6 cm³/mol. The first kappa shape index (κ1) is 13.7. The molecule has 5 heteroatoms. The second-order valence-electron chi connectivity index (χ2n) is 5.68. The van der Waals surface area contributed by atoms with Crippen molar-refractivity contribution < 1.29 is 4.52 Å². The van der Waals surface area contributed by atoms with E-state index in [0.29, 0.717) is 18.1 Å². The second kappa shape index (κ2) is 5.09. The zero-order valence-electron chi connectivity index (χ0n) is 11.9. The molecule has 0 atom stereocenters. The van der Waals surface area contributed by atoms with Crippen molar-refractivity contribution in [2.75, 3.05) is 0 Å². The zero-order chi connectivity index (χ0) is 14.0. The number of rotatable bonds is 4. The molecule has 19 heavy (non-hydrogen) atoms. The maximum Gasteiger partial charge on any atom is 0.227 e. The van der Waals surface area contributed by atoms with E-state index < -0.39 is 0 Å². The minimum atomic E-state index is -0.230. The summed E-state index contributed by atoms with van der Waals surface area (Å²) in [5, 5.41) is 3.99. The fraction of sp³-hybridized carbons (Fsp3) is 0.500. The molecular formula is C14H20N4O. The lowest BCUT2D eigenvalue weighted by atomic mass is 10.0. The number of nitrogens with zero attached hydrogens (tertiary/aromatic N) is 3. The average Bonchev–Trinajstić information content (AvgIpc) is 2.74. The first-order valence-electron chi connectivity index (χ1n) is 6.40. The molecule has 2 heterocycles. The monoisotopic (exact) mass is 260 g/mol. The highest BCUT2D eigenvalue weighted by molar-refractivity contribution is 5.53. The molecular weight excluding hydrogens is 240 g/mol. The normalized spacial score (nSPS) is 11.8. The third-order valence-corrected chi connectivity index (χ3v) is 2.88. The molecule has 0 unspecified atom stereocenters. The smallest absolute Gasteiger partial charge is 0.227 e. The van der Waals surface area contributed by atoms with Gasteiger partial charge in [-0.05, 0) is 45.2 Å². The summed E-state index contributed by atoms with van der Waals surface area (Å²) in [5.74, 6) is 1.15. The molecule has 0 aromatic carbocycles. The van der Waals surface area contributed by atoms with Crippen LogP contribution in [-0.2, 0) is 6.42 Å². The topological polar surface area (TPSA) is 77.8 Å². The van der Waals surface area contributed by atoms with E-state index in [1.54, 1.807) is 6.20 Å². The summed E-state index contributed by atoms with van der Waals surface area (Å²) in [6, 6.07) is 2.06. The molecule has 0 saturated carbocycles. The summed E-state index contributed by atoms with van der Waals surface area (Å²) in [4.78, 5) is 8.74. The Balaban J connectivity index is 2.16. The molecule has 0 amide bonds. The van der Waals surface area contributed by atoms with E-state index in [0.717, 1.165) is 23.2 Å². The van der Waals surface area contributed by atoms with E-state index in [1.165, 1.54) is 0 Å². The van der Waals surface area contributed by atoms with E-state index in [4.69, 9.17) is 10.3 Å². The minimum absolute atomic E-state index is 0.230. The summed E-state index contributed by atoms with van der Waals surface area (Å²) in [7, 11) is 0. The minimum Gasteiger partial charge on any atom is -0.339 e. The van der Waals surface area contributed by atoms with Crippen LogP contribution in [0.1, 0.15) is 37.3 Å². The van der Waals surface area contributed by atoms with Crippen molar-refractivity contribution in [3.8, 4) is 11.5 Å². The lowest BCUT2D eigenvalue weighted by Crippen LogP contribution is -2.32. The van der Waals surface area contributed by atoms with Crippen molar-refractivity contribution in [3.63, 3.8) is 0 Å². The summed E-state index contributed by atoms with van der Waals surface area (Å²) in [5.41, 5.74) is 8.65. The van der Waals surface area contributed by atoms with Crippen molar-refractivity contribution in [2.45, 2.75) is 46.1 Å². The van der Waals surface area contributed by atoms with Gasteiger partial charge in [0.05, 0.1) is 0 Å². The van der Waals surface area contributed by atoms with Crippen molar-refractivity contribution in [2.24, 2.45) is 5.73 Å². The van der Waals surface area contributed by atoms with Crippen LogP contribution >= 0.6 is 0 Å². The number of aromatic nitrogens is 3. The van der Waals surface area contributed by atoms with Gasteiger partial charge in [-0.25, -0.2) is 0 Å². The third-order valence-electron chi connectivity index (χ3n) is 2.88. The Labute approximate surface area is 113 Å². The lowest BCUT2D eigenvalue weighted by Gasteiger charge is -2.16. The Bertz CT molecular complexity index is 569. The summed E-state index contributed by atoms with van der Waals surface area (Å²) in [6.45, 7) is 7.97. The highest BCUT2D eigenvalue weighted by Crippen LogP contribution is 2.19. The quantitative estimate of drug-likeness (QED) is 0.913. The van der Waals surface area contributed by atoms with Crippen LogP contribution in [0.5, 0.6) is 0 Å². The molecule has 102 valence electrons. The van der Waals surface area contributed by atoms with Gasteiger partial charge in [0, 0.05) is 18.2 Å². The molecule has 0 fully saturated rings. The largest absolute Gasteiger partial charge is 0.339 e. The predicted octanol–water partition coefficient (Wildman–Crippen LogP) is 2.42. The molecule has 0 saturated heterocycles. The van der Waals surface area contributed by atoms with Crippen molar-refractivity contribution >= 4 is 0 Å². The SMILES string of the molecule is Cc1cnc(-c2noc(CCC(C)(C)N)n2)c(C)c1. The number of hydrogen-bond donors (Lipinski definition) is 1. The molecule has 0 aliphatic rings. The van der Waals surface area contributed by atoms with Gasteiger partial charge in [0.25, 0.3) is 0 Å². The van der Waals surface area contributed by atoms with Crippen LogP contribution in [0.25, 0.3) is 11.5 Å². The Hall–Kier alpha value is -1.75. The average molecular weight is 260 g/mol. The Morgan fingerprint density at radius 3 is 2.68 bits per heavy atom. The Morgan fingerprint density at radius 2 is 2.05 bits per heavy atom. The third kappa shape index (κ3) is 3.61. The van der Waals surface area contributed by atoms with E-state index in [9.17, 15) is 0 Å². The van der Waals surface area contributed by atoms with E-state index in [1.807, 2.05) is 27.7 Å². The first-order chi connectivity index (χ1) is 8.85. The fourth-order valence-corrected chi connectivity index (χ4v) is 1.83. The van der Waals surface area contributed by atoms with E-state index >= 15 is 0 Å². The molecule has 0 aliphatic heterocycles. The summed E-state index contributed by atoms with van der Waals surface area (Å²) in [6.07, 6.45) is 3.29. The highest BCUT2D eigenvalue weighted by atomic mass is 16.5. The van der Waals surface area contributed by atoms with Crippen LogP contribution in [0, 0.1) is 13.8 Å². The molecule has 0 bridgehead atoms. The number of aryl methyl sites for hydroxylation is 3. The molecule has 2 aromatic rings. The maximum atomic E-state index is 5.94. The van der Waals surface area contributed by atoms with Gasteiger partial charge in [0.15, 0.2) is 0 Å². The van der Waals surface area contributed by atoms with Crippen LogP contribution in [0.15, 0.2) is 16.8 Å². The van der Waals surface area contributed by atoms with Gasteiger partial charge in [0.2, 0.25) is 11.7 Å². The van der Waals surface area contributed by atoms with Crippen molar-refractivity contribution in [1.29, 1.82) is 0 Å². The Morgan fingerprint density at radius 1 is 1.32 bits per heavy atom. The molecule has 2 aromatic heterocycles. The standard InChI is InChI=1S/C14H20N4O/c1-9-7-10(2)12(16-8-9)13-17-11(19-18-13)5-6-14(3,4)15/h7-8H,5-6,15H2,1-4H3. The molecule has 2 rings (SSSR count). The van der Waals surface area contributed by atoms with Crippen LogP contribution < -0.4 is 5.73 Å². The van der Waals surface area contributed by atoms with Gasteiger partial charge in [0.1, 0.15) is 5.69 Å². The lowest BCUT2D eigenvalue weighted by molar-refractivity contribution is 0.358. The van der Waals surface area contributed by atoms with Crippen molar-refractivity contribution in [3.05, 3.63) is 29.3 Å². The number of pyridine rings is 1.